The third-order valence-corrected chi connectivity index (χ3v) is 2.09. The van der Waals surface area contributed by atoms with E-state index in [1.807, 2.05) is 44.2 Å². The lowest BCUT2D eigenvalue weighted by Gasteiger charge is -2.01. The van der Waals surface area contributed by atoms with Crippen molar-refractivity contribution in [1.82, 2.24) is 5.43 Å². The van der Waals surface area contributed by atoms with E-state index in [2.05, 4.69) is 10.5 Å². The van der Waals surface area contributed by atoms with E-state index in [9.17, 15) is 4.79 Å². The normalized spacial score (nSPS) is 11.2. The van der Waals surface area contributed by atoms with Crippen LogP contribution in [-0.2, 0) is 11.2 Å². The average molecular weight is 204 g/mol. The fraction of sp³-hybridized carbons (Fsp3) is 0.333. The number of nitrogens with zero attached hydrogens (tertiary/aromatic N) is 1. The molecule has 0 atom stereocenters. The van der Waals surface area contributed by atoms with Gasteiger partial charge < -0.3 is 0 Å². The summed E-state index contributed by atoms with van der Waals surface area (Å²) in [5.41, 5.74) is 4.46. The van der Waals surface area contributed by atoms with Crippen molar-refractivity contribution in [3.63, 3.8) is 0 Å². The molecule has 1 aromatic carbocycles. The minimum absolute atomic E-state index is 0.0750. The number of hydrogen-bond acceptors (Lipinski definition) is 2. The van der Waals surface area contributed by atoms with Crippen LogP contribution in [-0.4, -0.2) is 11.6 Å². The predicted molar refractivity (Wildman–Crippen MR) is 61.7 cm³/mol. The van der Waals surface area contributed by atoms with Crippen LogP contribution >= 0.6 is 0 Å². The predicted octanol–water partition coefficient (Wildman–Crippen LogP) is 2.13. The highest BCUT2D eigenvalue weighted by Crippen LogP contribution is 1.98. The van der Waals surface area contributed by atoms with Crippen molar-refractivity contribution < 1.29 is 4.79 Å². The molecule has 0 aliphatic carbocycles. The molecule has 1 rings (SSSR count). The monoisotopic (exact) mass is 204 g/mol. The van der Waals surface area contributed by atoms with Crippen molar-refractivity contribution in [3.05, 3.63) is 35.9 Å². The van der Waals surface area contributed by atoms with Gasteiger partial charge in [0.25, 0.3) is 0 Å². The summed E-state index contributed by atoms with van der Waals surface area (Å²) >= 11 is 0. The zero-order valence-electron chi connectivity index (χ0n) is 9.16. The molecule has 0 fully saturated rings. The Kier molecular flexibility index (Phi) is 4.54. The molecule has 0 aliphatic heterocycles. The molecule has 80 valence electrons. The van der Waals surface area contributed by atoms with Gasteiger partial charge in [-0.2, -0.15) is 5.10 Å². The second kappa shape index (κ2) is 5.96. The highest BCUT2D eigenvalue weighted by atomic mass is 16.2. The van der Waals surface area contributed by atoms with Gasteiger partial charge in [0.2, 0.25) is 5.91 Å². The minimum atomic E-state index is -0.0750. The van der Waals surface area contributed by atoms with Gasteiger partial charge in [-0.3, -0.25) is 4.79 Å². The molecule has 3 nitrogen and oxygen atoms in total. The van der Waals surface area contributed by atoms with Crippen LogP contribution in [0, 0.1) is 0 Å². The summed E-state index contributed by atoms with van der Waals surface area (Å²) in [5.74, 6) is -0.0750. The molecule has 3 heteroatoms. The summed E-state index contributed by atoms with van der Waals surface area (Å²) in [6.45, 7) is 3.89. The summed E-state index contributed by atoms with van der Waals surface area (Å²) < 4.78 is 0. The Bertz CT molecular complexity index is 344. The number of rotatable bonds is 4. The van der Waals surface area contributed by atoms with Crippen LogP contribution in [0.2, 0.25) is 0 Å². The van der Waals surface area contributed by atoms with Gasteiger partial charge in [0.15, 0.2) is 0 Å². The topological polar surface area (TPSA) is 41.5 Å². The van der Waals surface area contributed by atoms with Gasteiger partial charge in [-0.05, 0) is 18.9 Å². The van der Waals surface area contributed by atoms with Crippen LogP contribution in [0.15, 0.2) is 35.4 Å². The molecule has 0 unspecified atom stereocenters. The molecule has 1 N–H and O–H groups in total. The fourth-order valence-corrected chi connectivity index (χ4v) is 1.06. The maximum absolute atomic E-state index is 11.4. The summed E-state index contributed by atoms with van der Waals surface area (Å²) in [6.07, 6.45) is 1.23. The van der Waals surface area contributed by atoms with Crippen LogP contribution in [0.4, 0.5) is 0 Å². The Hall–Kier alpha value is -1.64. The third kappa shape index (κ3) is 4.40. The number of carbonyl (C=O) groups excluding carboxylic acids is 1. The highest BCUT2D eigenvalue weighted by molar-refractivity contribution is 5.84. The lowest BCUT2D eigenvalue weighted by atomic mass is 10.1. The van der Waals surface area contributed by atoms with Gasteiger partial charge in [-0.25, -0.2) is 5.43 Å². The Morgan fingerprint density at radius 2 is 2.00 bits per heavy atom. The van der Waals surface area contributed by atoms with Crippen LogP contribution in [0.5, 0.6) is 0 Å². The number of nitrogens with one attached hydrogen (secondary N) is 1. The Labute approximate surface area is 90.2 Å². The van der Waals surface area contributed by atoms with Crippen molar-refractivity contribution in [2.45, 2.75) is 26.7 Å². The zero-order valence-corrected chi connectivity index (χ0v) is 9.16. The van der Waals surface area contributed by atoms with E-state index in [1.165, 1.54) is 0 Å². The number of carbonyl (C=O) groups is 1. The third-order valence-electron chi connectivity index (χ3n) is 2.09. The number of amides is 1. The second-order valence-electron chi connectivity index (χ2n) is 3.40. The molecule has 0 spiro atoms. The smallest absolute Gasteiger partial charge is 0.244 e. The van der Waals surface area contributed by atoms with Crippen LogP contribution in [0.1, 0.15) is 25.8 Å². The van der Waals surface area contributed by atoms with Gasteiger partial charge in [-0.1, -0.05) is 37.3 Å². The first kappa shape index (κ1) is 11.4. The van der Waals surface area contributed by atoms with Crippen molar-refractivity contribution in [3.8, 4) is 0 Å². The number of benzene rings is 1. The molecule has 1 amide bonds. The summed E-state index contributed by atoms with van der Waals surface area (Å²) in [5, 5.41) is 3.96. The maximum atomic E-state index is 11.4. The standard InChI is InChI=1S/C12H16N2O/c1-3-10(2)13-14-12(15)9-11-7-5-4-6-8-11/h4-8H,3,9H2,1-2H3,(H,14,15). The largest absolute Gasteiger partial charge is 0.273 e. The first-order valence-electron chi connectivity index (χ1n) is 5.08. The van der Waals surface area contributed by atoms with Crippen molar-refractivity contribution in [2.75, 3.05) is 0 Å². The Balaban J connectivity index is 2.44. The van der Waals surface area contributed by atoms with Gasteiger partial charge in [-0.15, -0.1) is 0 Å². The molecule has 0 saturated carbocycles. The molecule has 0 heterocycles. The quantitative estimate of drug-likeness (QED) is 0.592. The molecular weight excluding hydrogens is 188 g/mol. The maximum Gasteiger partial charge on any atom is 0.244 e. The van der Waals surface area contributed by atoms with E-state index >= 15 is 0 Å². The van der Waals surface area contributed by atoms with E-state index in [0.717, 1.165) is 17.7 Å². The van der Waals surface area contributed by atoms with Crippen LogP contribution < -0.4 is 5.43 Å². The molecule has 0 aliphatic rings. The highest BCUT2D eigenvalue weighted by Gasteiger charge is 2.00. The second-order valence-corrected chi connectivity index (χ2v) is 3.40. The van der Waals surface area contributed by atoms with Crippen LogP contribution in [0.3, 0.4) is 0 Å². The molecule has 15 heavy (non-hydrogen) atoms. The van der Waals surface area contributed by atoms with Crippen LogP contribution in [0.25, 0.3) is 0 Å². The Morgan fingerprint density at radius 3 is 2.60 bits per heavy atom. The SMILES string of the molecule is CCC(C)=NNC(=O)Cc1ccccc1. The average Bonchev–Trinajstić information content (AvgIpc) is 2.27. The summed E-state index contributed by atoms with van der Waals surface area (Å²) in [6, 6.07) is 9.62. The van der Waals surface area contributed by atoms with E-state index in [4.69, 9.17) is 0 Å². The van der Waals surface area contributed by atoms with Crippen molar-refractivity contribution >= 4 is 11.6 Å². The van der Waals surface area contributed by atoms with Gasteiger partial charge in [0.05, 0.1) is 6.42 Å². The molecule has 0 saturated heterocycles. The Morgan fingerprint density at radius 1 is 1.33 bits per heavy atom. The zero-order chi connectivity index (χ0) is 11.1. The summed E-state index contributed by atoms with van der Waals surface area (Å²) in [7, 11) is 0. The van der Waals surface area contributed by atoms with Gasteiger partial charge in [0, 0.05) is 5.71 Å². The number of hydrogen-bond donors (Lipinski definition) is 1. The van der Waals surface area contributed by atoms with Gasteiger partial charge in [0.1, 0.15) is 0 Å². The van der Waals surface area contributed by atoms with E-state index in [1.54, 1.807) is 0 Å². The lowest BCUT2D eigenvalue weighted by Crippen LogP contribution is -2.20. The molecular formula is C12H16N2O. The fourth-order valence-electron chi connectivity index (χ4n) is 1.06. The summed E-state index contributed by atoms with van der Waals surface area (Å²) in [4.78, 5) is 11.4. The lowest BCUT2D eigenvalue weighted by molar-refractivity contribution is -0.120. The van der Waals surface area contributed by atoms with E-state index < -0.39 is 0 Å². The van der Waals surface area contributed by atoms with E-state index in [0.29, 0.717) is 6.42 Å². The molecule has 0 aromatic heterocycles. The molecule has 0 radical (unpaired) electrons. The molecule has 1 aromatic rings. The molecule has 0 bridgehead atoms. The minimum Gasteiger partial charge on any atom is -0.273 e. The van der Waals surface area contributed by atoms with Gasteiger partial charge >= 0.3 is 0 Å². The first-order chi connectivity index (χ1) is 7.22. The first-order valence-corrected chi connectivity index (χ1v) is 5.08. The number of hydrazone groups is 1. The van der Waals surface area contributed by atoms with E-state index in [-0.39, 0.29) is 5.91 Å². The van der Waals surface area contributed by atoms with Crippen molar-refractivity contribution in [1.29, 1.82) is 0 Å². The van der Waals surface area contributed by atoms with Crippen molar-refractivity contribution in [2.24, 2.45) is 5.10 Å².